The van der Waals surface area contributed by atoms with Gasteiger partial charge in [-0.15, -0.1) is 12.4 Å². The van der Waals surface area contributed by atoms with E-state index in [1.54, 1.807) is 6.07 Å². The molecule has 1 saturated carbocycles. The standard InChI is InChI=1S/C15H21N3O2.ClH/c1-10-3-6-13(17-11(2)19)14(7-10)18-15(20)9-16-8-12-4-5-12;/h3,6-7,12,16H,4-5,8-9H2,1-2H3,(H,17,19)(H,18,20);1H. The number of carbonyl (C=O) groups excluding carboxylic acids is 2. The third kappa shape index (κ3) is 6.14. The lowest BCUT2D eigenvalue weighted by Gasteiger charge is -2.12. The summed E-state index contributed by atoms with van der Waals surface area (Å²) in [6, 6.07) is 5.54. The number of hydrogen-bond acceptors (Lipinski definition) is 3. The van der Waals surface area contributed by atoms with Crippen molar-refractivity contribution < 1.29 is 9.59 Å². The lowest BCUT2D eigenvalue weighted by Crippen LogP contribution is -2.29. The number of hydrogen-bond donors (Lipinski definition) is 3. The number of rotatable bonds is 6. The van der Waals surface area contributed by atoms with Gasteiger partial charge >= 0.3 is 0 Å². The van der Waals surface area contributed by atoms with E-state index >= 15 is 0 Å². The summed E-state index contributed by atoms with van der Waals surface area (Å²) in [5.74, 6) is 0.496. The van der Waals surface area contributed by atoms with Gasteiger partial charge in [0.05, 0.1) is 17.9 Å². The van der Waals surface area contributed by atoms with Crippen LogP contribution in [-0.2, 0) is 9.59 Å². The van der Waals surface area contributed by atoms with Gasteiger partial charge in [-0.25, -0.2) is 0 Å². The quantitative estimate of drug-likeness (QED) is 0.755. The molecule has 2 rings (SSSR count). The fraction of sp³-hybridized carbons (Fsp3) is 0.467. The molecule has 0 radical (unpaired) electrons. The third-order valence-electron chi connectivity index (χ3n) is 3.18. The van der Waals surface area contributed by atoms with Gasteiger partial charge in [-0.05, 0) is 49.9 Å². The first-order valence-electron chi connectivity index (χ1n) is 6.93. The average molecular weight is 312 g/mol. The van der Waals surface area contributed by atoms with E-state index in [0.717, 1.165) is 18.0 Å². The van der Waals surface area contributed by atoms with Crippen LogP contribution in [0.1, 0.15) is 25.3 Å². The third-order valence-corrected chi connectivity index (χ3v) is 3.18. The van der Waals surface area contributed by atoms with Crippen molar-refractivity contribution in [3.05, 3.63) is 23.8 Å². The van der Waals surface area contributed by atoms with Crippen molar-refractivity contribution in [2.24, 2.45) is 5.92 Å². The first kappa shape index (κ1) is 17.5. The highest BCUT2D eigenvalue weighted by molar-refractivity contribution is 5.99. The van der Waals surface area contributed by atoms with Crippen LogP contribution in [0.3, 0.4) is 0 Å². The van der Waals surface area contributed by atoms with Gasteiger partial charge in [0.2, 0.25) is 11.8 Å². The maximum atomic E-state index is 11.9. The summed E-state index contributed by atoms with van der Waals surface area (Å²) in [6.07, 6.45) is 2.53. The number of amides is 2. The SMILES string of the molecule is CC(=O)Nc1ccc(C)cc1NC(=O)CNCC1CC1.Cl. The Labute approximate surface area is 131 Å². The molecule has 1 aliphatic rings. The molecule has 3 N–H and O–H groups in total. The molecule has 0 atom stereocenters. The van der Waals surface area contributed by atoms with E-state index < -0.39 is 0 Å². The Kier molecular flexibility index (Phi) is 6.65. The molecule has 5 nitrogen and oxygen atoms in total. The lowest BCUT2D eigenvalue weighted by molar-refractivity contribution is -0.116. The fourth-order valence-electron chi connectivity index (χ4n) is 1.97. The summed E-state index contributed by atoms with van der Waals surface area (Å²) in [5, 5.41) is 8.69. The van der Waals surface area contributed by atoms with Crippen LogP contribution in [0.5, 0.6) is 0 Å². The van der Waals surface area contributed by atoms with Gasteiger partial charge in [0.25, 0.3) is 0 Å². The number of benzene rings is 1. The zero-order valence-corrected chi connectivity index (χ0v) is 13.2. The number of nitrogens with one attached hydrogen (secondary N) is 3. The van der Waals surface area contributed by atoms with Crippen LogP contribution in [-0.4, -0.2) is 24.9 Å². The van der Waals surface area contributed by atoms with Crippen molar-refractivity contribution in [2.45, 2.75) is 26.7 Å². The molecular weight excluding hydrogens is 290 g/mol. The smallest absolute Gasteiger partial charge is 0.238 e. The normalized spacial score (nSPS) is 13.2. The molecule has 0 spiro atoms. The van der Waals surface area contributed by atoms with E-state index in [4.69, 9.17) is 0 Å². The van der Waals surface area contributed by atoms with Crippen molar-refractivity contribution in [1.82, 2.24) is 5.32 Å². The molecule has 1 aromatic carbocycles. The monoisotopic (exact) mass is 311 g/mol. The molecule has 0 saturated heterocycles. The number of halogens is 1. The summed E-state index contributed by atoms with van der Waals surface area (Å²) in [5.41, 5.74) is 2.29. The van der Waals surface area contributed by atoms with Gasteiger partial charge < -0.3 is 16.0 Å². The molecule has 1 aromatic rings. The van der Waals surface area contributed by atoms with Gasteiger partial charge in [0.1, 0.15) is 0 Å². The fourth-order valence-corrected chi connectivity index (χ4v) is 1.97. The Morgan fingerprint density at radius 3 is 2.52 bits per heavy atom. The Morgan fingerprint density at radius 1 is 1.19 bits per heavy atom. The van der Waals surface area contributed by atoms with E-state index in [0.29, 0.717) is 17.9 Å². The summed E-state index contributed by atoms with van der Waals surface area (Å²) >= 11 is 0. The molecule has 0 aliphatic heterocycles. The Bertz CT molecular complexity index is 516. The predicted molar refractivity (Wildman–Crippen MR) is 87.0 cm³/mol. The van der Waals surface area contributed by atoms with Crippen molar-refractivity contribution in [2.75, 3.05) is 23.7 Å². The van der Waals surface area contributed by atoms with Crippen molar-refractivity contribution >= 4 is 35.6 Å². The predicted octanol–water partition coefficient (Wildman–Crippen LogP) is 2.31. The van der Waals surface area contributed by atoms with Gasteiger partial charge in [0.15, 0.2) is 0 Å². The van der Waals surface area contributed by atoms with Crippen LogP contribution in [0, 0.1) is 12.8 Å². The van der Waals surface area contributed by atoms with Gasteiger partial charge in [-0.3, -0.25) is 9.59 Å². The zero-order chi connectivity index (χ0) is 14.5. The summed E-state index contributed by atoms with van der Waals surface area (Å²) < 4.78 is 0. The van der Waals surface area contributed by atoms with E-state index in [9.17, 15) is 9.59 Å². The molecule has 6 heteroatoms. The van der Waals surface area contributed by atoms with Crippen LogP contribution in [0.4, 0.5) is 11.4 Å². The maximum absolute atomic E-state index is 11.9. The van der Waals surface area contributed by atoms with E-state index in [2.05, 4.69) is 16.0 Å². The number of anilines is 2. The molecule has 0 heterocycles. The topological polar surface area (TPSA) is 70.2 Å². The number of carbonyl (C=O) groups is 2. The van der Waals surface area contributed by atoms with Crippen LogP contribution < -0.4 is 16.0 Å². The Balaban J connectivity index is 0.00000220. The molecule has 116 valence electrons. The second kappa shape index (κ2) is 8.00. The maximum Gasteiger partial charge on any atom is 0.238 e. The molecule has 0 unspecified atom stereocenters. The highest BCUT2D eigenvalue weighted by atomic mass is 35.5. The van der Waals surface area contributed by atoms with Crippen LogP contribution in [0.25, 0.3) is 0 Å². The highest BCUT2D eigenvalue weighted by Gasteiger charge is 2.20. The lowest BCUT2D eigenvalue weighted by atomic mass is 10.2. The molecule has 0 bridgehead atoms. The molecule has 1 fully saturated rings. The minimum atomic E-state index is -0.156. The first-order chi connectivity index (χ1) is 9.54. The van der Waals surface area contributed by atoms with Crippen LogP contribution in [0.2, 0.25) is 0 Å². The first-order valence-corrected chi connectivity index (χ1v) is 6.93. The molecule has 2 amide bonds. The second-order valence-electron chi connectivity index (χ2n) is 5.35. The second-order valence-corrected chi connectivity index (χ2v) is 5.35. The molecule has 21 heavy (non-hydrogen) atoms. The van der Waals surface area contributed by atoms with E-state index in [1.165, 1.54) is 19.8 Å². The zero-order valence-electron chi connectivity index (χ0n) is 12.4. The highest BCUT2D eigenvalue weighted by Crippen LogP contribution is 2.27. The van der Waals surface area contributed by atoms with Gasteiger partial charge in [-0.2, -0.15) is 0 Å². The molecule has 1 aliphatic carbocycles. The van der Waals surface area contributed by atoms with Crippen molar-refractivity contribution in [1.29, 1.82) is 0 Å². The minimum Gasteiger partial charge on any atom is -0.325 e. The van der Waals surface area contributed by atoms with E-state index in [1.807, 2.05) is 19.1 Å². The molecule has 0 aromatic heterocycles. The summed E-state index contributed by atoms with van der Waals surface area (Å²) in [7, 11) is 0. The van der Waals surface area contributed by atoms with Crippen molar-refractivity contribution in [3.8, 4) is 0 Å². The average Bonchev–Trinajstić information content (AvgIpc) is 3.16. The van der Waals surface area contributed by atoms with Crippen molar-refractivity contribution in [3.63, 3.8) is 0 Å². The summed E-state index contributed by atoms with van der Waals surface area (Å²) in [6.45, 7) is 4.59. The Morgan fingerprint density at radius 2 is 1.90 bits per heavy atom. The Hall–Kier alpha value is -1.59. The van der Waals surface area contributed by atoms with Gasteiger partial charge in [-0.1, -0.05) is 6.07 Å². The van der Waals surface area contributed by atoms with Gasteiger partial charge in [0, 0.05) is 6.92 Å². The molecular formula is C15H22ClN3O2. The minimum absolute atomic E-state index is 0. The summed E-state index contributed by atoms with van der Waals surface area (Å²) in [4.78, 5) is 23.0. The van der Waals surface area contributed by atoms with E-state index in [-0.39, 0.29) is 24.2 Å². The largest absolute Gasteiger partial charge is 0.325 e. The number of aryl methyl sites for hydroxylation is 1. The van der Waals surface area contributed by atoms with Crippen LogP contribution in [0.15, 0.2) is 18.2 Å². The van der Waals surface area contributed by atoms with Crippen LogP contribution >= 0.6 is 12.4 Å².